The van der Waals surface area contributed by atoms with E-state index >= 15 is 0 Å². The van der Waals surface area contributed by atoms with Gasteiger partial charge in [-0.1, -0.05) is 30.6 Å². The van der Waals surface area contributed by atoms with Gasteiger partial charge in [-0.3, -0.25) is 0 Å². The Labute approximate surface area is 123 Å². The SMILES string of the molecule is CON=C(CCl)C(C)(C)CSc1ccc(Cl)cc1. The number of hydrogen-bond acceptors (Lipinski definition) is 3. The number of oxime groups is 1. The van der Waals surface area contributed by atoms with Crippen LogP contribution in [-0.4, -0.2) is 24.5 Å². The number of thioether (sulfide) groups is 1. The lowest BCUT2D eigenvalue weighted by molar-refractivity contribution is 0.209. The largest absolute Gasteiger partial charge is 0.399 e. The van der Waals surface area contributed by atoms with Gasteiger partial charge in [0.25, 0.3) is 0 Å². The van der Waals surface area contributed by atoms with Crippen LogP contribution in [0.2, 0.25) is 5.02 Å². The maximum atomic E-state index is 5.90. The van der Waals surface area contributed by atoms with Crippen molar-refractivity contribution < 1.29 is 4.84 Å². The topological polar surface area (TPSA) is 21.6 Å². The summed E-state index contributed by atoms with van der Waals surface area (Å²) in [6, 6.07) is 7.80. The second kappa shape index (κ2) is 7.27. The minimum atomic E-state index is -0.109. The molecular weight excluding hydrogens is 289 g/mol. The van der Waals surface area contributed by atoms with Crippen LogP contribution in [0.5, 0.6) is 0 Å². The van der Waals surface area contributed by atoms with Crippen LogP contribution in [0.1, 0.15) is 13.8 Å². The summed E-state index contributed by atoms with van der Waals surface area (Å²) in [5.41, 5.74) is 0.746. The molecule has 0 aliphatic rings. The van der Waals surface area contributed by atoms with Gasteiger partial charge >= 0.3 is 0 Å². The minimum absolute atomic E-state index is 0.109. The Kier molecular flexibility index (Phi) is 6.33. The van der Waals surface area contributed by atoms with Gasteiger partial charge in [-0.25, -0.2) is 0 Å². The highest BCUT2D eigenvalue weighted by Crippen LogP contribution is 2.30. The van der Waals surface area contributed by atoms with Crippen molar-refractivity contribution in [3.05, 3.63) is 29.3 Å². The number of nitrogens with zero attached hydrogens (tertiary/aromatic N) is 1. The fraction of sp³-hybridized carbons (Fsp3) is 0.462. The smallest absolute Gasteiger partial charge is 0.106 e. The molecule has 2 nitrogen and oxygen atoms in total. The third-order valence-electron chi connectivity index (χ3n) is 2.52. The monoisotopic (exact) mass is 305 g/mol. The lowest BCUT2D eigenvalue weighted by atomic mass is 9.91. The van der Waals surface area contributed by atoms with E-state index < -0.39 is 0 Å². The Hall–Kier alpha value is -0.380. The molecule has 0 saturated heterocycles. The molecule has 1 aromatic rings. The second-order valence-corrected chi connectivity index (χ2v) is 6.23. The number of alkyl halides is 1. The summed E-state index contributed by atoms with van der Waals surface area (Å²) in [4.78, 5) is 6.01. The van der Waals surface area contributed by atoms with Crippen LogP contribution >= 0.6 is 35.0 Å². The summed E-state index contributed by atoms with van der Waals surface area (Å²) in [6.07, 6.45) is 0. The van der Waals surface area contributed by atoms with E-state index in [0.717, 1.165) is 16.5 Å². The van der Waals surface area contributed by atoms with Crippen molar-refractivity contribution >= 4 is 40.7 Å². The molecule has 0 radical (unpaired) electrons. The van der Waals surface area contributed by atoms with Crippen molar-refractivity contribution in [3.63, 3.8) is 0 Å². The third kappa shape index (κ3) is 4.71. The number of benzene rings is 1. The summed E-state index contributed by atoms with van der Waals surface area (Å²) in [5, 5.41) is 4.74. The van der Waals surface area contributed by atoms with Crippen molar-refractivity contribution in [2.24, 2.45) is 10.6 Å². The Balaban J connectivity index is 2.66. The molecule has 0 N–H and O–H groups in total. The highest BCUT2D eigenvalue weighted by atomic mass is 35.5. The number of hydrogen-bond donors (Lipinski definition) is 0. The van der Waals surface area contributed by atoms with Gasteiger partial charge in [0, 0.05) is 21.1 Å². The van der Waals surface area contributed by atoms with Gasteiger partial charge in [-0.15, -0.1) is 23.4 Å². The highest BCUT2D eigenvalue weighted by Gasteiger charge is 2.25. The summed E-state index contributed by atoms with van der Waals surface area (Å²) in [5.74, 6) is 1.26. The first-order valence-corrected chi connectivity index (χ1v) is 7.44. The van der Waals surface area contributed by atoms with Crippen molar-refractivity contribution in [2.45, 2.75) is 18.7 Å². The minimum Gasteiger partial charge on any atom is -0.399 e. The molecule has 0 heterocycles. The van der Waals surface area contributed by atoms with Crippen LogP contribution in [0.25, 0.3) is 0 Å². The average Bonchev–Trinajstić information content (AvgIpc) is 2.35. The van der Waals surface area contributed by atoms with Gasteiger partial charge in [0.2, 0.25) is 0 Å². The molecular formula is C13H17Cl2NOS. The molecule has 1 rings (SSSR count). The van der Waals surface area contributed by atoms with E-state index in [1.54, 1.807) is 11.8 Å². The van der Waals surface area contributed by atoms with Crippen molar-refractivity contribution in [1.29, 1.82) is 0 Å². The Morgan fingerprint density at radius 2 is 1.94 bits per heavy atom. The molecule has 0 aromatic heterocycles. The lowest BCUT2D eigenvalue weighted by Gasteiger charge is -2.24. The quantitative estimate of drug-likeness (QED) is 0.329. The molecule has 100 valence electrons. The van der Waals surface area contributed by atoms with Crippen LogP contribution in [0.3, 0.4) is 0 Å². The van der Waals surface area contributed by atoms with Gasteiger partial charge in [0.1, 0.15) is 7.11 Å². The van der Waals surface area contributed by atoms with E-state index in [1.165, 1.54) is 12.0 Å². The van der Waals surface area contributed by atoms with Gasteiger partial charge in [-0.05, 0) is 24.3 Å². The first-order valence-electron chi connectivity index (χ1n) is 5.54. The van der Waals surface area contributed by atoms with Crippen molar-refractivity contribution in [1.82, 2.24) is 0 Å². The molecule has 0 bridgehead atoms. The van der Waals surface area contributed by atoms with E-state index in [0.29, 0.717) is 5.88 Å². The second-order valence-electron chi connectivity index (χ2n) is 4.48. The van der Waals surface area contributed by atoms with Crippen LogP contribution in [0.4, 0.5) is 0 Å². The molecule has 0 atom stereocenters. The number of rotatable bonds is 6. The Bertz CT molecular complexity index is 404. The zero-order valence-corrected chi connectivity index (χ0v) is 13.1. The van der Waals surface area contributed by atoms with Crippen molar-refractivity contribution in [2.75, 3.05) is 18.7 Å². The summed E-state index contributed by atoms with van der Waals surface area (Å²) in [7, 11) is 1.54. The molecule has 0 aliphatic heterocycles. The standard InChI is InChI=1S/C13H17Cl2NOS/c1-13(2,12(8-14)16-17-3)9-18-11-6-4-10(15)5-7-11/h4-7H,8-9H2,1-3H3. The molecule has 0 aliphatic carbocycles. The molecule has 0 amide bonds. The average molecular weight is 306 g/mol. The Morgan fingerprint density at radius 1 is 1.33 bits per heavy atom. The van der Waals surface area contributed by atoms with Gasteiger partial charge in [0.15, 0.2) is 0 Å². The molecule has 1 aromatic carbocycles. The first-order chi connectivity index (χ1) is 8.49. The molecule has 18 heavy (non-hydrogen) atoms. The van der Waals surface area contributed by atoms with E-state index in [-0.39, 0.29) is 5.41 Å². The molecule has 0 spiro atoms. The normalized spacial score (nSPS) is 12.6. The van der Waals surface area contributed by atoms with Gasteiger partial charge in [-0.2, -0.15) is 0 Å². The lowest BCUT2D eigenvalue weighted by Crippen LogP contribution is -2.28. The van der Waals surface area contributed by atoms with E-state index in [2.05, 4.69) is 19.0 Å². The Morgan fingerprint density at radius 3 is 2.44 bits per heavy atom. The van der Waals surface area contributed by atoms with Crippen molar-refractivity contribution in [3.8, 4) is 0 Å². The summed E-state index contributed by atoms with van der Waals surface area (Å²) < 4.78 is 0. The maximum absolute atomic E-state index is 5.90. The van der Waals surface area contributed by atoms with E-state index in [9.17, 15) is 0 Å². The zero-order valence-electron chi connectivity index (χ0n) is 10.7. The van der Waals surface area contributed by atoms with Gasteiger partial charge in [0.05, 0.1) is 11.6 Å². The molecule has 0 unspecified atom stereocenters. The van der Waals surface area contributed by atoms with Crippen LogP contribution in [-0.2, 0) is 4.84 Å². The van der Waals surface area contributed by atoms with Crippen LogP contribution in [0.15, 0.2) is 34.3 Å². The predicted octanol–water partition coefficient (Wildman–Crippen LogP) is 4.70. The number of halogens is 2. The maximum Gasteiger partial charge on any atom is 0.106 e. The van der Waals surface area contributed by atoms with E-state index in [4.69, 9.17) is 28.0 Å². The molecule has 0 fully saturated rings. The summed E-state index contributed by atoms with van der Waals surface area (Å²) >= 11 is 13.5. The fourth-order valence-corrected chi connectivity index (χ4v) is 2.88. The summed E-state index contributed by atoms with van der Waals surface area (Å²) in [6.45, 7) is 4.21. The third-order valence-corrected chi connectivity index (χ3v) is 4.50. The van der Waals surface area contributed by atoms with E-state index in [1.807, 2.05) is 24.3 Å². The molecule has 5 heteroatoms. The highest BCUT2D eigenvalue weighted by molar-refractivity contribution is 7.99. The first kappa shape index (κ1) is 15.7. The molecule has 0 saturated carbocycles. The zero-order chi connectivity index (χ0) is 13.6. The van der Waals surface area contributed by atoms with Crippen LogP contribution in [0, 0.1) is 5.41 Å². The fourth-order valence-electron chi connectivity index (χ4n) is 1.32. The van der Waals surface area contributed by atoms with Gasteiger partial charge < -0.3 is 4.84 Å². The predicted molar refractivity (Wildman–Crippen MR) is 81.1 cm³/mol. The van der Waals surface area contributed by atoms with Crippen LogP contribution < -0.4 is 0 Å².